The van der Waals surface area contributed by atoms with Crippen LogP contribution in [0.3, 0.4) is 0 Å². The first kappa shape index (κ1) is 19.5. The highest BCUT2D eigenvalue weighted by Crippen LogP contribution is 2.07. The van der Waals surface area contributed by atoms with Crippen LogP contribution in [0, 0.1) is 0 Å². The summed E-state index contributed by atoms with van der Waals surface area (Å²) in [6, 6.07) is 10.1. The molecule has 0 unspecified atom stereocenters. The summed E-state index contributed by atoms with van der Waals surface area (Å²) in [7, 11) is 1.80. The first-order chi connectivity index (χ1) is 10.8. The first-order valence-electron chi connectivity index (χ1n) is 7.87. The Labute approximate surface area is 155 Å². The van der Waals surface area contributed by atoms with Gasteiger partial charge >= 0.3 is 0 Å². The van der Waals surface area contributed by atoms with Crippen LogP contribution in [-0.2, 0) is 6.42 Å². The van der Waals surface area contributed by atoms with Gasteiger partial charge in [-0.3, -0.25) is 4.99 Å². The van der Waals surface area contributed by atoms with Gasteiger partial charge < -0.3 is 10.6 Å². The lowest BCUT2D eigenvalue weighted by Gasteiger charge is -2.10. The van der Waals surface area contributed by atoms with E-state index in [0.717, 1.165) is 37.6 Å². The number of aromatic nitrogens is 2. The highest BCUT2D eigenvalue weighted by atomic mass is 127. The molecule has 126 valence electrons. The number of nitrogens with zero attached hydrogens (tertiary/aromatic N) is 3. The summed E-state index contributed by atoms with van der Waals surface area (Å²) >= 11 is 0. The fourth-order valence-corrected chi connectivity index (χ4v) is 2.14. The second-order valence-electron chi connectivity index (χ2n) is 5.16. The fourth-order valence-electron chi connectivity index (χ4n) is 2.14. The topological polar surface area (TPSA) is 54.2 Å². The monoisotopic (exact) mass is 427 g/mol. The summed E-state index contributed by atoms with van der Waals surface area (Å²) in [4.78, 5) is 4.22. The maximum Gasteiger partial charge on any atom is 0.190 e. The molecule has 0 spiro atoms. The Hall–Kier alpha value is -1.57. The number of aliphatic imine (C=N–C) groups is 1. The maximum absolute atomic E-state index is 4.41. The zero-order chi connectivity index (χ0) is 15.6. The van der Waals surface area contributed by atoms with Crippen molar-refractivity contribution in [1.29, 1.82) is 0 Å². The lowest BCUT2D eigenvalue weighted by atomic mass is 10.2. The third-order valence-electron chi connectivity index (χ3n) is 3.41. The van der Waals surface area contributed by atoms with Gasteiger partial charge in [0.2, 0.25) is 0 Å². The molecule has 2 N–H and O–H groups in total. The molecule has 0 fully saturated rings. The van der Waals surface area contributed by atoms with E-state index in [0.29, 0.717) is 0 Å². The van der Waals surface area contributed by atoms with Crippen LogP contribution in [0.25, 0.3) is 5.69 Å². The summed E-state index contributed by atoms with van der Waals surface area (Å²) in [6.07, 6.45) is 7.25. The van der Waals surface area contributed by atoms with Crippen molar-refractivity contribution in [2.24, 2.45) is 4.99 Å². The molecule has 0 bridgehead atoms. The van der Waals surface area contributed by atoms with E-state index in [9.17, 15) is 0 Å². The van der Waals surface area contributed by atoms with Gasteiger partial charge in [-0.1, -0.05) is 31.5 Å². The van der Waals surface area contributed by atoms with Gasteiger partial charge in [0.05, 0.1) is 11.9 Å². The predicted molar refractivity (Wildman–Crippen MR) is 107 cm³/mol. The number of rotatable bonds is 7. The van der Waals surface area contributed by atoms with Crippen molar-refractivity contribution in [3.05, 3.63) is 48.3 Å². The average Bonchev–Trinajstić information content (AvgIpc) is 3.03. The van der Waals surface area contributed by atoms with Gasteiger partial charge in [0, 0.05) is 26.3 Å². The molecule has 0 saturated heterocycles. The third-order valence-corrected chi connectivity index (χ3v) is 3.41. The van der Waals surface area contributed by atoms with Crippen LogP contribution in [-0.4, -0.2) is 35.9 Å². The number of unbranched alkanes of at least 4 members (excludes halogenated alkanes) is 1. The summed E-state index contributed by atoms with van der Waals surface area (Å²) < 4.78 is 1.91. The smallest absolute Gasteiger partial charge is 0.190 e. The van der Waals surface area contributed by atoms with Crippen LogP contribution < -0.4 is 10.6 Å². The van der Waals surface area contributed by atoms with Gasteiger partial charge in [0.25, 0.3) is 0 Å². The zero-order valence-corrected chi connectivity index (χ0v) is 16.2. The molecule has 1 aromatic carbocycles. The summed E-state index contributed by atoms with van der Waals surface area (Å²) in [5, 5.41) is 11.0. The van der Waals surface area contributed by atoms with Gasteiger partial charge in [-0.25, -0.2) is 4.68 Å². The molecule has 5 nitrogen and oxygen atoms in total. The maximum atomic E-state index is 4.41. The van der Waals surface area contributed by atoms with E-state index in [-0.39, 0.29) is 24.0 Å². The minimum Gasteiger partial charge on any atom is -0.356 e. The van der Waals surface area contributed by atoms with Crippen LogP contribution >= 0.6 is 24.0 Å². The van der Waals surface area contributed by atoms with E-state index in [1.54, 1.807) is 7.05 Å². The van der Waals surface area contributed by atoms with Crippen LogP contribution in [0.15, 0.2) is 47.7 Å². The Morgan fingerprint density at radius 3 is 2.61 bits per heavy atom. The minimum atomic E-state index is 0. The molecule has 0 atom stereocenters. The fraction of sp³-hybridized carbons (Fsp3) is 0.412. The van der Waals surface area contributed by atoms with Crippen molar-refractivity contribution in [2.45, 2.75) is 26.2 Å². The summed E-state index contributed by atoms with van der Waals surface area (Å²) in [5.74, 6) is 0.865. The van der Waals surface area contributed by atoms with Crippen LogP contribution in [0.5, 0.6) is 0 Å². The molecule has 0 amide bonds. The molecule has 0 saturated carbocycles. The van der Waals surface area contributed by atoms with Gasteiger partial charge in [-0.05, 0) is 30.5 Å². The molecule has 2 rings (SSSR count). The Kier molecular flexibility index (Phi) is 9.35. The van der Waals surface area contributed by atoms with Crippen LogP contribution in [0.4, 0.5) is 0 Å². The lowest BCUT2D eigenvalue weighted by Crippen LogP contribution is -2.38. The number of benzene rings is 1. The van der Waals surface area contributed by atoms with E-state index < -0.39 is 0 Å². The zero-order valence-electron chi connectivity index (χ0n) is 13.8. The molecule has 6 heteroatoms. The normalized spacial score (nSPS) is 11.0. The minimum absolute atomic E-state index is 0. The molecular weight excluding hydrogens is 401 g/mol. The highest BCUT2D eigenvalue weighted by molar-refractivity contribution is 14.0. The van der Waals surface area contributed by atoms with E-state index in [1.807, 2.05) is 29.1 Å². The molecule has 0 aliphatic rings. The summed E-state index contributed by atoms with van der Waals surface area (Å²) in [6.45, 7) is 3.98. The Balaban J connectivity index is 0.00000264. The van der Waals surface area contributed by atoms with Crippen molar-refractivity contribution in [2.75, 3.05) is 20.1 Å². The summed E-state index contributed by atoms with van der Waals surface area (Å²) in [5.41, 5.74) is 2.29. The van der Waals surface area contributed by atoms with Crippen molar-refractivity contribution < 1.29 is 0 Å². The van der Waals surface area contributed by atoms with Gasteiger partial charge in [0.1, 0.15) is 0 Å². The van der Waals surface area contributed by atoms with Gasteiger partial charge in [-0.2, -0.15) is 5.10 Å². The number of para-hydroxylation sites is 1. The van der Waals surface area contributed by atoms with E-state index in [2.05, 4.69) is 46.0 Å². The molecule has 0 aliphatic heterocycles. The SMILES string of the molecule is CCCCNC(=NC)NCCc1cnn(-c2ccccc2)c1.I. The molecule has 1 aromatic heterocycles. The second kappa shape index (κ2) is 11.0. The molecule has 2 aromatic rings. The highest BCUT2D eigenvalue weighted by Gasteiger charge is 2.01. The molecule has 1 heterocycles. The second-order valence-corrected chi connectivity index (χ2v) is 5.16. The Morgan fingerprint density at radius 2 is 1.91 bits per heavy atom. The molecule has 0 radical (unpaired) electrons. The van der Waals surface area contributed by atoms with E-state index in [4.69, 9.17) is 0 Å². The number of hydrogen-bond donors (Lipinski definition) is 2. The average molecular weight is 427 g/mol. The van der Waals surface area contributed by atoms with Crippen molar-refractivity contribution in [3.63, 3.8) is 0 Å². The number of guanidine groups is 1. The number of hydrogen-bond acceptors (Lipinski definition) is 2. The quantitative estimate of drug-likeness (QED) is 0.309. The number of halogens is 1. The molecule has 0 aliphatic carbocycles. The number of nitrogens with one attached hydrogen (secondary N) is 2. The molecule has 23 heavy (non-hydrogen) atoms. The third kappa shape index (κ3) is 6.60. The van der Waals surface area contributed by atoms with Crippen LogP contribution in [0.1, 0.15) is 25.3 Å². The van der Waals surface area contributed by atoms with Crippen LogP contribution in [0.2, 0.25) is 0 Å². The van der Waals surface area contributed by atoms with Crippen molar-refractivity contribution in [3.8, 4) is 5.69 Å². The first-order valence-corrected chi connectivity index (χ1v) is 7.87. The lowest BCUT2D eigenvalue weighted by molar-refractivity contribution is 0.726. The van der Waals surface area contributed by atoms with E-state index >= 15 is 0 Å². The molecular formula is C17H26IN5. The van der Waals surface area contributed by atoms with Gasteiger partial charge in [-0.15, -0.1) is 24.0 Å². The van der Waals surface area contributed by atoms with Gasteiger partial charge in [0.15, 0.2) is 5.96 Å². The largest absolute Gasteiger partial charge is 0.356 e. The Morgan fingerprint density at radius 1 is 1.17 bits per heavy atom. The van der Waals surface area contributed by atoms with Crippen molar-refractivity contribution >= 4 is 29.9 Å². The predicted octanol–water partition coefficient (Wildman–Crippen LogP) is 3.00. The van der Waals surface area contributed by atoms with Crippen molar-refractivity contribution in [1.82, 2.24) is 20.4 Å². The standard InChI is InChI=1S/C17H25N5.HI/c1-3-4-11-19-17(18-2)20-12-10-15-13-21-22(14-15)16-8-6-5-7-9-16;/h5-9,13-14H,3-4,10-12H2,1-2H3,(H2,18,19,20);1H. The Bertz CT molecular complexity index is 580. The van der Waals surface area contributed by atoms with E-state index in [1.165, 1.54) is 12.0 Å².